The molecule has 1 aliphatic rings. The monoisotopic (exact) mass is 155 g/mol. The summed E-state index contributed by atoms with van der Waals surface area (Å²) in [6, 6.07) is 0.388. The van der Waals surface area contributed by atoms with Crippen molar-refractivity contribution in [2.45, 2.75) is 19.4 Å². The minimum Gasteiger partial charge on any atom is -0.463 e. The molecular formula is C8H13NO2. The second kappa shape index (κ2) is 4.13. The van der Waals surface area contributed by atoms with Crippen molar-refractivity contribution < 1.29 is 9.53 Å². The minimum atomic E-state index is -0.249. The van der Waals surface area contributed by atoms with E-state index in [1.54, 1.807) is 6.92 Å². The van der Waals surface area contributed by atoms with E-state index in [1.165, 1.54) is 6.08 Å². The fraction of sp³-hybridized carbons (Fsp3) is 0.625. The molecule has 1 fully saturated rings. The Balaban J connectivity index is 2.16. The van der Waals surface area contributed by atoms with Crippen LogP contribution < -0.4 is 5.32 Å². The summed E-state index contributed by atoms with van der Waals surface area (Å²) in [5, 5.41) is 3.15. The van der Waals surface area contributed by atoms with Crippen LogP contribution in [0.25, 0.3) is 0 Å². The zero-order valence-electron chi connectivity index (χ0n) is 6.67. The van der Waals surface area contributed by atoms with Gasteiger partial charge in [0.1, 0.15) is 0 Å². The molecule has 62 valence electrons. The third kappa shape index (κ3) is 2.72. The van der Waals surface area contributed by atoms with E-state index < -0.39 is 0 Å². The van der Waals surface area contributed by atoms with Gasteiger partial charge in [-0.15, -0.1) is 0 Å². The first-order chi connectivity index (χ1) is 5.33. The van der Waals surface area contributed by atoms with Gasteiger partial charge in [-0.25, -0.2) is 4.79 Å². The highest BCUT2D eigenvalue weighted by Gasteiger charge is 2.12. The van der Waals surface area contributed by atoms with Crippen LogP contribution in [0.2, 0.25) is 0 Å². The Morgan fingerprint density at radius 1 is 1.82 bits per heavy atom. The summed E-state index contributed by atoms with van der Waals surface area (Å²) in [4.78, 5) is 10.8. The van der Waals surface area contributed by atoms with Gasteiger partial charge in [-0.2, -0.15) is 0 Å². The fourth-order valence-electron chi connectivity index (χ4n) is 0.860. The van der Waals surface area contributed by atoms with Crippen LogP contribution in [0.4, 0.5) is 0 Å². The zero-order chi connectivity index (χ0) is 8.10. The predicted molar refractivity (Wildman–Crippen MR) is 42.2 cm³/mol. The Morgan fingerprint density at radius 2 is 2.55 bits per heavy atom. The Labute approximate surface area is 66.4 Å². The van der Waals surface area contributed by atoms with E-state index in [4.69, 9.17) is 4.74 Å². The van der Waals surface area contributed by atoms with E-state index in [-0.39, 0.29) is 5.97 Å². The van der Waals surface area contributed by atoms with Gasteiger partial charge in [-0.05, 0) is 19.9 Å². The van der Waals surface area contributed by atoms with Gasteiger partial charge in [0.2, 0.25) is 0 Å². The number of hydrogen-bond acceptors (Lipinski definition) is 3. The Bertz CT molecular complexity index is 161. The van der Waals surface area contributed by atoms with Crippen molar-refractivity contribution >= 4 is 5.97 Å². The number of esters is 1. The van der Waals surface area contributed by atoms with Crippen molar-refractivity contribution in [2.24, 2.45) is 0 Å². The molecule has 0 saturated carbocycles. The Hall–Kier alpha value is -0.830. The van der Waals surface area contributed by atoms with Crippen molar-refractivity contribution in [2.75, 3.05) is 13.2 Å². The second-order valence-electron chi connectivity index (χ2n) is 2.46. The van der Waals surface area contributed by atoms with Crippen molar-refractivity contribution in [3.8, 4) is 0 Å². The fourth-order valence-corrected chi connectivity index (χ4v) is 0.860. The maximum atomic E-state index is 10.8. The molecule has 0 radical (unpaired) electrons. The molecule has 0 bridgehead atoms. The van der Waals surface area contributed by atoms with E-state index in [0.717, 1.165) is 13.0 Å². The van der Waals surface area contributed by atoms with Crippen LogP contribution in [0.15, 0.2) is 12.2 Å². The molecule has 1 atom stereocenters. The number of ether oxygens (including phenoxy) is 1. The molecule has 0 spiro atoms. The first-order valence-corrected chi connectivity index (χ1v) is 3.91. The molecule has 0 aromatic carbocycles. The van der Waals surface area contributed by atoms with Crippen molar-refractivity contribution in [3.63, 3.8) is 0 Å². The molecule has 0 aromatic rings. The molecule has 1 aliphatic heterocycles. The average Bonchev–Trinajstić information content (AvgIpc) is 1.85. The average molecular weight is 155 g/mol. The Morgan fingerprint density at radius 3 is 3.00 bits per heavy atom. The molecule has 0 aromatic heterocycles. The first kappa shape index (κ1) is 8.27. The zero-order valence-corrected chi connectivity index (χ0v) is 6.67. The summed E-state index contributed by atoms with van der Waals surface area (Å²) in [6.07, 6.45) is 4.46. The van der Waals surface area contributed by atoms with E-state index in [9.17, 15) is 4.79 Å². The summed E-state index contributed by atoms with van der Waals surface area (Å²) in [5.41, 5.74) is 0. The summed E-state index contributed by atoms with van der Waals surface area (Å²) in [6.45, 7) is 3.30. The van der Waals surface area contributed by atoms with E-state index in [0.29, 0.717) is 12.6 Å². The van der Waals surface area contributed by atoms with Crippen LogP contribution >= 0.6 is 0 Å². The molecule has 3 nitrogen and oxygen atoms in total. The third-order valence-electron chi connectivity index (χ3n) is 1.61. The molecule has 0 amide bonds. The summed E-state index contributed by atoms with van der Waals surface area (Å²) in [5.74, 6) is -0.249. The van der Waals surface area contributed by atoms with Gasteiger partial charge in [0.05, 0.1) is 6.61 Å². The highest BCUT2D eigenvalue weighted by molar-refractivity contribution is 5.82. The van der Waals surface area contributed by atoms with Crippen molar-refractivity contribution in [1.82, 2.24) is 5.32 Å². The molecular weight excluding hydrogens is 142 g/mol. The predicted octanol–water partition coefficient (Wildman–Crippen LogP) is 0.468. The van der Waals surface area contributed by atoms with Gasteiger partial charge in [-0.3, -0.25) is 0 Å². The van der Waals surface area contributed by atoms with E-state index in [1.807, 2.05) is 6.08 Å². The first-order valence-electron chi connectivity index (χ1n) is 3.91. The van der Waals surface area contributed by atoms with Gasteiger partial charge in [0.25, 0.3) is 0 Å². The quantitative estimate of drug-likeness (QED) is 0.475. The molecule has 1 rings (SSSR count). The molecule has 11 heavy (non-hydrogen) atoms. The smallest absolute Gasteiger partial charge is 0.330 e. The lowest BCUT2D eigenvalue weighted by Crippen LogP contribution is -2.41. The van der Waals surface area contributed by atoms with E-state index >= 15 is 0 Å². The number of carbonyl (C=O) groups is 1. The number of nitrogens with one attached hydrogen (secondary N) is 1. The van der Waals surface area contributed by atoms with Crippen LogP contribution in [-0.4, -0.2) is 25.2 Å². The van der Waals surface area contributed by atoms with Crippen LogP contribution in [-0.2, 0) is 9.53 Å². The summed E-state index contributed by atoms with van der Waals surface area (Å²) < 4.78 is 4.71. The van der Waals surface area contributed by atoms with Gasteiger partial charge in [0, 0.05) is 12.1 Å². The van der Waals surface area contributed by atoms with Crippen LogP contribution in [0.5, 0.6) is 0 Å². The second-order valence-corrected chi connectivity index (χ2v) is 2.46. The minimum absolute atomic E-state index is 0.249. The molecule has 1 unspecified atom stereocenters. The highest BCUT2D eigenvalue weighted by atomic mass is 16.5. The largest absolute Gasteiger partial charge is 0.463 e. The topological polar surface area (TPSA) is 38.3 Å². The van der Waals surface area contributed by atoms with Crippen LogP contribution in [0.3, 0.4) is 0 Å². The molecule has 1 N–H and O–H groups in total. The van der Waals surface area contributed by atoms with Gasteiger partial charge in [0.15, 0.2) is 0 Å². The third-order valence-corrected chi connectivity index (χ3v) is 1.61. The van der Waals surface area contributed by atoms with Gasteiger partial charge >= 0.3 is 5.97 Å². The van der Waals surface area contributed by atoms with Crippen LogP contribution in [0.1, 0.15) is 13.3 Å². The van der Waals surface area contributed by atoms with Crippen molar-refractivity contribution in [3.05, 3.63) is 12.2 Å². The molecule has 0 aliphatic carbocycles. The van der Waals surface area contributed by atoms with Gasteiger partial charge in [-0.1, -0.05) is 6.08 Å². The number of rotatable bonds is 3. The maximum absolute atomic E-state index is 10.8. The molecule has 3 heteroatoms. The summed E-state index contributed by atoms with van der Waals surface area (Å²) in [7, 11) is 0. The Kier molecular flexibility index (Phi) is 3.11. The molecule has 1 heterocycles. The van der Waals surface area contributed by atoms with Crippen LogP contribution in [0, 0.1) is 0 Å². The molecule has 1 saturated heterocycles. The van der Waals surface area contributed by atoms with Crippen molar-refractivity contribution in [1.29, 1.82) is 0 Å². The summed E-state index contributed by atoms with van der Waals surface area (Å²) >= 11 is 0. The normalized spacial score (nSPS) is 23.2. The SMILES string of the molecule is CCOC(=O)/C=C/C1CCN1. The number of carbonyl (C=O) groups excluding carboxylic acids is 1. The lowest BCUT2D eigenvalue weighted by atomic mass is 10.1. The lowest BCUT2D eigenvalue weighted by molar-refractivity contribution is -0.137. The standard InChI is InChI=1S/C8H13NO2/c1-2-11-8(10)4-3-7-5-6-9-7/h3-4,7,9H,2,5-6H2,1H3/b4-3+. The lowest BCUT2D eigenvalue weighted by Gasteiger charge is -2.23. The van der Waals surface area contributed by atoms with E-state index in [2.05, 4.69) is 5.32 Å². The maximum Gasteiger partial charge on any atom is 0.330 e. The number of hydrogen-bond donors (Lipinski definition) is 1. The highest BCUT2D eigenvalue weighted by Crippen LogP contribution is 2.02. The van der Waals surface area contributed by atoms with Gasteiger partial charge < -0.3 is 10.1 Å².